The summed E-state index contributed by atoms with van der Waals surface area (Å²) in [7, 11) is 0. The van der Waals surface area contributed by atoms with Crippen LogP contribution in [0.2, 0.25) is 0 Å². The maximum Gasteiger partial charge on any atom is 0.423 e. The molecule has 1 aromatic rings. The third-order valence-electron chi connectivity index (χ3n) is 1.34. The Balaban J connectivity index is 2.87. The Hall–Kier alpha value is -1.52. The molecule has 2 nitrogen and oxygen atoms in total. The van der Waals surface area contributed by atoms with E-state index in [0.717, 1.165) is 30.7 Å². The molecule has 1 aromatic carbocycles. The first-order chi connectivity index (χ1) is 6.04. The molecule has 0 atom stereocenters. The maximum atomic E-state index is 12.0. The zero-order chi connectivity index (χ0) is 9.90. The van der Waals surface area contributed by atoms with Crippen molar-refractivity contribution < 1.29 is 22.7 Å². The minimum Gasteiger partial charge on any atom is -0.418 e. The van der Waals surface area contributed by atoms with Crippen molar-refractivity contribution in [1.82, 2.24) is 0 Å². The first-order valence-electron chi connectivity index (χ1n) is 3.25. The summed E-state index contributed by atoms with van der Waals surface area (Å²) < 4.78 is 40.2. The van der Waals surface area contributed by atoms with Crippen LogP contribution in [0.25, 0.3) is 0 Å². The first-order valence-corrected chi connectivity index (χ1v) is 3.25. The maximum absolute atomic E-state index is 12.0. The quantitative estimate of drug-likeness (QED) is 0.712. The number of ether oxygens (including phenoxy) is 1. The van der Waals surface area contributed by atoms with Gasteiger partial charge in [-0.15, -0.1) is 0 Å². The predicted molar refractivity (Wildman–Crippen MR) is 37.8 cm³/mol. The Morgan fingerprint density at radius 1 is 1.15 bits per heavy atom. The van der Waals surface area contributed by atoms with Crippen molar-refractivity contribution in [1.29, 1.82) is 0 Å². The number of hydrogen-bond acceptors (Lipinski definition) is 2. The number of halogens is 3. The molecule has 0 spiro atoms. The molecule has 0 aromatic heterocycles. The van der Waals surface area contributed by atoms with Crippen LogP contribution in [-0.4, -0.2) is 6.47 Å². The Morgan fingerprint density at radius 2 is 1.69 bits per heavy atom. The lowest BCUT2D eigenvalue weighted by atomic mass is 10.2. The summed E-state index contributed by atoms with van der Waals surface area (Å²) >= 11 is 0. The topological polar surface area (TPSA) is 26.3 Å². The Kier molecular flexibility index (Phi) is 2.55. The number of carbonyl (C=O) groups excluding carboxylic acids is 1. The summed E-state index contributed by atoms with van der Waals surface area (Å²) in [6.45, 7) is 1.11. The molecule has 69 valence electrons. The number of hydrogen-bond donors (Lipinski definition) is 0. The van der Waals surface area contributed by atoms with Crippen LogP contribution in [0.1, 0.15) is 5.56 Å². The molecule has 0 aliphatic rings. The van der Waals surface area contributed by atoms with E-state index in [1.165, 1.54) is 0 Å². The smallest absolute Gasteiger partial charge is 0.418 e. The molecular formula is C8H4F3O2. The van der Waals surface area contributed by atoms with Crippen LogP contribution in [-0.2, 0) is 11.0 Å². The van der Waals surface area contributed by atoms with Crippen molar-refractivity contribution in [3.05, 3.63) is 29.8 Å². The molecule has 0 fully saturated rings. The summed E-state index contributed by atoms with van der Waals surface area (Å²) in [5, 5.41) is 0. The largest absolute Gasteiger partial charge is 0.423 e. The van der Waals surface area contributed by atoms with Crippen LogP contribution in [0, 0.1) is 0 Å². The van der Waals surface area contributed by atoms with E-state index in [4.69, 9.17) is 0 Å². The van der Waals surface area contributed by atoms with Crippen LogP contribution < -0.4 is 4.74 Å². The van der Waals surface area contributed by atoms with Gasteiger partial charge in [0.2, 0.25) is 0 Å². The van der Waals surface area contributed by atoms with Gasteiger partial charge in [0, 0.05) is 0 Å². The lowest BCUT2D eigenvalue weighted by molar-refractivity contribution is -0.137. The second-order valence-corrected chi connectivity index (χ2v) is 2.21. The van der Waals surface area contributed by atoms with Gasteiger partial charge in [0.15, 0.2) is 0 Å². The van der Waals surface area contributed by atoms with E-state index in [0.29, 0.717) is 0 Å². The van der Waals surface area contributed by atoms with E-state index in [-0.39, 0.29) is 5.75 Å². The lowest BCUT2D eigenvalue weighted by Gasteiger charge is -2.05. The third kappa shape index (κ3) is 2.47. The van der Waals surface area contributed by atoms with Gasteiger partial charge < -0.3 is 4.74 Å². The van der Waals surface area contributed by atoms with Crippen LogP contribution in [0.5, 0.6) is 5.75 Å². The Labute approximate surface area is 71.9 Å². The second-order valence-electron chi connectivity index (χ2n) is 2.21. The molecule has 13 heavy (non-hydrogen) atoms. The fourth-order valence-electron chi connectivity index (χ4n) is 0.760. The molecule has 5 heteroatoms. The van der Waals surface area contributed by atoms with Crippen LogP contribution in [0.4, 0.5) is 13.2 Å². The minimum absolute atomic E-state index is 0.0306. The summed E-state index contributed by atoms with van der Waals surface area (Å²) in [5.41, 5.74) is -0.786. The standard InChI is InChI=1S/C8H4F3O2/c9-8(10,11)6-1-3-7(4-2-6)13-5-12/h1-4H. The molecular weight excluding hydrogens is 185 g/mol. The van der Waals surface area contributed by atoms with E-state index in [2.05, 4.69) is 4.74 Å². The monoisotopic (exact) mass is 189 g/mol. The average molecular weight is 189 g/mol. The summed E-state index contributed by atoms with van der Waals surface area (Å²) in [4.78, 5) is 9.69. The molecule has 0 N–H and O–H groups in total. The third-order valence-corrected chi connectivity index (χ3v) is 1.34. The van der Waals surface area contributed by atoms with E-state index >= 15 is 0 Å². The van der Waals surface area contributed by atoms with Crippen molar-refractivity contribution in [2.45, 2.75) is 6.18 Å². The molecule has 0 aliphatic heterocycles. The molecule has 0 bridgehead atoms. The van der Waals surface area contributed by atoms with Gasteiger partial charge in [0.25, 0.3) is 0 Å². The first kappa shape index (κ1) is 9.57. The van der Waals surface area contributed by atoms with Crippen molar-refractivity contribution >= 4 is 6.47 Å². The van der Waals surface area contributed by atoms with Gasteiger partial charge in [-0.2, -0.15) is 13.2 Å². The zero-order valence-corrected chi connectivity index (χ0v) is 6.26. The minimum atomic E-state index is -4.37. The lowest BCUT2D eigenvalue weighted by Crippen LogP contribution is -2.04. The molecule has 0 amide bonds. The number of alkyl halides is 3. The van der Waals surface area contributed by atoms with E-state index in [1.807, 2.05) is 0 Å². The van der Waals surface area contributed by atoms with Gasteiger partial charge in [-0.3, -0.25) is 0 Å². The summed E-state index contributed by atoms with van der Waals surface area (Å²) in [5.74, 6) is 0.0306. The Morgan fingerprint density at radius 3 is 2.08 bits per heavy atom. The highest BCUT2D eigenvalue weighted by molar-refractivity contribution is 5.46. The van der Waals surface area contributed by atoms with E-state index in [1.54, 1.807) is 0 Å². The highest BCUT2D eigenvalue weighted by atomic mass is 19.4. The summed E-state index contributed by atoms with van der Waals surface area (Å²) in [6.07, 6.45) is -4.37. The van der Waals surface area contributed by atoms with Crippen molar-refractivity contribution in [3.63, 3.8) is 0 Å². The van der Waals surface area contributed by atoms with Gasteiger partial charge in [-0.25, -0.2) is 4.79 Å². The number of benzene rings is 1. The molecule has 0 saturated heterocycles. The molecule has 0 unspecified atom stereocenters. The molecule has 0 saturated carbocycles. The molecule has 0 heterocycles. The van der Waals surface area contributed by atoms with Gasteiger partial charge in [-0.1, -0.05) is 0 Å². The fraction of sp³-hybridized carbons (Fsp3) is 0.125. The van der Waals surface area contributed by atoms with Gasteiger partial charge in [0.1, 0.15) is 5.75 Å². The molecule has 0 aliphatic carbocycles. The van der Waals surface area contributed by atoms with Gasteiger partial charge >= 0.3 is 12.6 Å². The summed E-state index contributed by atoms with van der Waals surface area (Å²) in [6, 6.07) is 3.75. The SMILES string of the molecule is O=[C]Oc1ccc(C(F)(F)F)cc1. The van der Waals surface area contributed by atoms with Gasteiger partial charge in [0.05, 0.1) is 5.56 Å². The van der Waals surface area contributed by atoms with Crippen molar-refractivity contribution in [2.24, 2.45) is 0 Å². The van der Waals surface area contributed by atoms with Crippen molar-refractivity contribution in [3.8, 4) is 5.75 Å². The van der Waals surface area contributed by atoms with Crippen molar-refractivity contribution in [2.75, 3.05) is 0 Å². The van der Waals surface area contributed by atoms with E-state index < -0.39 is 11.7 Å². The second kappa shape index (κ2) is 3.47. The normalized spacial score (nSPS) is 11.0. The molecule has 1 rings (SSSR count). The van der Waals surface area contributed by atoms with Crippen LogP contribution >= 0.6 is 0 Å². The van der Waals surface area contributed by atoms with Gasteiger partial charge in [-0.05, 0) is 24.3 Å². The van der Waals surface area contributed by atoms with Crippen LogP contribution in [0.15, 0.2) is 24.3 Å². The Bertz CT molecular complexity index is 289. The predicted octanol–water partition coefficient (Wildman–Crippen LogP) is 2.15. The highest BCUT2D eigenvalue weighted by Gasteiger charge is 2.29. The van der Waals surface area contributed by atoms with Crippen LogP contribution in [0.3, 0.4) is 0 Å². The number of rotatable bonds is 2. The van der Waals surface area contributed by atoms with E-state index in [9.17, 15) is 18.0 Å². The fourth-order valence-corrected chi connectivity index (χ4v) is 0.760. The highest BCUT2D eigenvalue weighted by Crippen LogP contribution is 2.30. The molecule has 1 radical (unpaired) electrons. The zero-order valence-electron chi connectivity index (χ0n) is 6.26. The average Bonchev–Trinajstić information content (AvgIpc) is 2.04.